The Morgan fingerprint density at radius 3 is 2.94 bits per heavy atom. The first-order valence-corrected chi connectivity index (χ1v) is 5.99. The van der Waals surface area contributed by atoms with Gasteiger partial charge in [-0.05, 0) is 23.8 Å². The Kier molecular flexibility index (Phi) is 3.97. The average molecular weight is 274 g/mol. The first-order chi connectivity index (χ1) is 8.19. The molecule has 0 bridgehead atoms. The van der Waals surface area contributed by atoms with Crippen LogP contribution in [0.5, 0.6) is 0 Å². The van der Waals surface area contributed by atoms with E-state index in [0.29, 0.717) is 29.4 Å². The maximum atomic E-state index is 13.1. The van der Waals surface area contributed by atoms with Crippen LogP contribution in [0.4, 0.5) is 4.39 Å². The number of benzene rings is 1. The first-order valence-electron chi connectivity index (χ1n) is 5.08. The van der Waals surface area contributed by atoms with Crippen LogP contribution in [-0.2, 0) is 13.0 Å². The van der Waals surface area contributed by atoms with Crippen molar-refractivity contribution in [3.05, 3.63) is 46.5 Å². The van der Waals surface area contributed by atoms with E-state index >= 15 is 0 Å². The average Bonchev–Trinajstić information content (AvgIpc) is 2.72. The SMILES string of the molecule is Fc1ccc(Cl)c(Cn2cc(CCCl)nn2)c1. The van der Waals surface area contributed by atoms with Crippen LogP contribution in [0.3, 0.4) is 0 Å². The fourth-order valence-corrected chi connectivity index (χ4v) is 1.84. The molecule has 0 spiro atoms. The first kappa shape index (κ1) is 12.3. The Labute approximate surface area is 108 Å². The lowest BCUT2D eigenvalue weighted by Crippen LogP contribution is -2.01. The van der Waals surface area contributed by atoms with Crippen molar-refractivity contribution >= 4 is 23.2 Å². The second-order valence-electron chi connectivity index (χ2n) is 3.58. The lowest BCUT2D eigenvalue weighted by Gasteiger charge is -2.03. The number of nitrogens with zero attached hydrogens (tertiary/aromatic N) is 3. The summed E-state index contributed by atoms with van der Waals surface area (Å²) < 4.78 is 14.7. The van der Waals surface area contributed by atoms with E-state index < -0.39 is 0 Å². The van der Waals surface area contributed by atoms with Crippen LogP contribution in [0, 0.1) is 5.82 Å². The molecule has 90 valence electrons. The summed E-state index contributed by atoms with van der Waals surface area (Å²) in [5, 5.41) is 8.39. The van der Waals surface area contributed by atoms with Crippen LogP contribution in [0.15, 0.2) is 24.4 Å². The molecule has 0 saturated heterocycles. The van der Waals surface area contributed by atoms with E-state index in [1.54, 1.807) is 10.9 Å². The molecule has 1 heterocycles. The van der Waals surface area contributed by atoms with Gasteiger partial charge in [-0.15, -0.1) is 16.7 Å². The molecule has 6 heteroatoms. The second kappa shape index (κ2) is 5.47. The zero-order valence-corrected chi connectivity index (χ0v) is 10.4. The molecular weight excluding hydrogens is 264 g/mol. The molecule has 2 aromatic rings. The van der Waals surface area contributed by atoms with Gasteiger partial charge in [-0.1, -0.05) is 16.8 Å². The predicted octanol–water partition coefficient (Wildman–Crippen LogP) is 2.90. The van der Waals surface area contributed by atoms with Crippen molar-refractivity contribution in [1.29, 1.82) is 0 Å². The summed E-state index contributed by atoms with van der Waals surface area (Å²) in [4.78, 5) is 0. The molecule has 17 heavy (non-hydrogen) atoms. The lowest BCUT2D eigenvalue weighted by molar-refractivity contribution is 0.614. The van der Waals surface area contributed by atoms with Gasteiger partial charge in [-0.2, -0.15) is 0 Å². The van der Waals surface area contributed by atoms with Crippen molar-refractivity contribution in [2.75, 3.05) is 5.88 Å². The van der Waals surface area contributed by atoms with E-state index in [4.69, 9.17) is 23.2 Å². The van der Waals surface area contributed by atoms with Gasteiger partial charge in [0.25, 0.3) is 0 Å². The summed E-state index contributed by atoms with van der Waals surface area (Å²) in [6.45, 7) is 0.395. The molecule has 1 aromatic heterocycles. The fourth-order valence-electron chi connectivity index (χ4n) is 1.47. The Morgan fingerprint density at radius 2 is 2.18 bits per heavy atom. The molecule has 0 N–H and O–H groups in total. The van der Waals surface area contributed by atoms with Gasteiger partial charge in [0, 0.05) is 23.5 Å². The third kappa shape index (κ3) is 3.17. The molecule has 0 aliphatic rings. The Morgan fingerprint density at radius 1 is 1.35 bits per heavy atom. The van der Waals surface area contributed by atoms with E-state index in [1.165, 1.54) is 18.2 Å². The molecule has 0 fully saturated rings. The summed E-state index contributed by atoms with van der Waals surface area (Å²) in [7, 11) is 0. The standard InChI is InChI=1S/C11H10Cl2FN3/c12-4-3-10-7-17(16-15-10)6-8-5-9(14)1-2-11(8)13/h1-2,5,7H,3-4,6H2. The van der Waals surface area contributed by atoms with Crippen LogP contribution < -0.4 is 0 Å². The Balaban J connectivity index is 2.16. The van der Waals surface area contributed by atoms with Crippen molar-refractivity contribution < 1.29 is 4.39 Å². The minimum Gasteiger partial charge on any atom is -0.248 e. The van der Waals surface area contributed by atoms with Gasteiger partial charge in [0.1, 0.15) is 5.82 Å². The molecule has 1 aromatic carbocycles. The molecule has 0 atom stereocenters. The van der Waals surface area contributed by atoms with Gasteiger partial charge in [-0.25, -0.2) is 9.07 Å². The molecule has 0 saturated carbocycles. The molecule has 0 aliphatic heterocycles. The number of aryl methyl sites for hydroxylation is 1. The number of rotatable bonds is 4. The normalized spacial score (nSPS) is 10.8. The van der Waals surface area contributed by atoms with E-state index in [1.807, 2.05) is 0 Å². The van der Waals surface area contributed by atoms with Crippen molar-refractivity contribution in [3.8, 4) is 0 Å². The topological polar surface area (TPSA) is 30.7 Å². The Bertz CT molecular complexity index is 513. The molecule has 0 amide bonds. The van der Waals surface area contributed by atoms with Crippen molar-refractivity contribution in [2.24, 2.45) is 0 Å². The van der Waals surface area contributed by atoms with Gasteiger partial charge in [0.15, 0.2) is 0 Å². The summed E-state index contributed by atoms with van der Waals surface area (Å²) in [6.07, 6.45) is 2.45. The maximum absolute atomic E-state index is 13.1. The highest BCUT2D eigenvalue weighted by molar-refractivity contribution is 6.31. The highest BCUT2D eigenvalue weighted by atomic mass is 35.5. The number of halogens is 3. The largest absolute Gasteiger partial charge is 0.248 e. The van der Waals surface area contributed by atoms with Crippen LogP contribution in [0.2, 0.25) is 5.02 Å². The summed E-state index contributed by atoms with van der Waals surface area (Å²) in [5.41, 5.74) is 1.49. The maximum Gasteiger partial charge on any atom is 0.123 e. The van der Waals surface area contributed by atoms with Gasteiger partial charge in [0.05, 0.1) is 12.2 Å². The van der Waals surface area contributed by atoms with Gasteiger partial charge in [-0.3, -0.25) is 0 Å². The highest BCUT2D eigenvalue weighted by Gasteiger charge is 2.05. The monoisotopic (exact) mass is 273 g/mol. The van der Waals surface area contributed by atoms with E-state index in [2.05, 4.69) is 10.3 Å². The minimum absolute atomic E-state index is 0.314. The van der Waals surface area contributed by atoms with Crippen LogP contribution in [0.1, 0.15) is 11.3 Å². The van der Waals surface area contributed by atoms with Crippen molar-refractivity contribution in [3.63, 3.8) is 0 Å². The van der Waals surface area contributed by atoms with Crippen LogP contribution in [-0.4, -0.2) is 20.9 Å². The minimum atomic E-state index is -0.314. The van der Waals surface area contributed by atoms with E-state index in [9.17, 15) is 4.39 Å². The lowest BCUT2D eigenvalue weighted by atomic mass is 10.2. The molecule has 0 unspecified atom stereocenters. The quantitative estimate of drug-likeness (QED) is 0.802. The number of hydrogen-bond donors (Lipinski definition) is 0. The smallest absolute Gasteiger partial charge is 0.123 e. The summed E-state index contributed by atoms with van der Waals surface area (Å²) in [6, 6.07) is 4.25. The predicted molar refractivity (Wildman–Crippen MR) is 65.0 cm³/mol. The molecule has 0 aliphatic carbocycles. The number of aromatic nitrogens is 3. The van der Waals surface area contributed by atoms with E-state index in [0.717, 1.165) is 5.69 Å². The summed E-state index contributed by atoms with van der Waals surface area (Å²) in [5.74, 6) is 0.185. The molecular formula is C11H10Cl2FN3. The molecule has 2 rings (SSSR count). The zero-order chi connectivity index (χ0) is 12.3. The summed E-state index contributed by atoms with van der Waals surface area (Å²) >= 11 is 11.6. The number of alkyl halides is 1. The second-order valence-corrected chi connectivity index (χ2v) is 4.37. The molecule has 3 nitrogen and oxygen atoms in total. The van der Waals surface area contributed by atoms with Crippen molar-refractivity contribution in [1.82, 2.24) is 15.0 Å². The van der Waals surface area contributed by atoms with Gasteiger partial charge in [0.2, 0.25) is 0 Å². The highest BCUT2D eigenvalue weighted by Crippen LogP contribution is 2.17. The van der Waals surface area contributed by atoms with Crippen LogP contribution in [0.25, 0.3) is 0 Å². The van der Waals surface area contributed by atoms with Crippen LogP contribution >= 0.6 is 23.2 Å². The third-order valence-corrected chi connectivity index (χ3v) is 2.83. The van der Waals surface area contributed by atoms with Gasteiger partial charge >= 0.3 is 0 Å². The van der Waals surface area contributed by atoms with E-state index in [-0.39, 0.29) is 5.82 Å². The van der Waals surface area contributed by atoms with Crippen molar-refractivity contribution in [2.45, 2.75) is 13.0 Å². The third-order valence-electron chi connectivity index (χ3n) is 2.28. The van der Waals surface area contributed by atoms with Gasteiger partial charge < -0.3 is 0 Å². The zero-order valence-electron chi connectivity index (χ0n) is 8.91. The Hall–Kier alpha value is -1.13. The fraction of sp³-hybridized carbons (Fsp3) is 0.273. The number of hydrogen-bond acceptors (Lipinski definition) is 2. The molecule has 0 radical (unpaired) electrons.